The predicted molar refractivity (Wildman–Crippen MR) is 233 cm³/mol. The molecular formula is C46H32Cl2CoN6O6. The molecule has 0 bridgehead atoms. The molecule has 0 fully saturated rings. The molecule has 8 rings (SSSR count). The number of aromatic carboxylic acids is 2. The second-order valence-corrected chi connectivity index (χ2v) is 13.7. The van der Waals surface area contributed by atoms with Crippen molar-refractivity contribution in [3.8, 4) is 45.6 Å². The van der Waals surface area contributed by atoms with Gasteiger partial charge in [0, 0.05) is 50.4 Å². The van der Waals surface area contributed by atoms with Crippen LogP contribution >= 0.6 is 23.2 Å². The third-order valence-corrected chi connectivity index (χ3v) is 9.40. The molecule has 0 aliphatic rings. The van der Waals surface area contributed by atoms with E-state index in [1.165, 1.54) is 33.9 Å². The number of carboxylic acids is 2. The van der Waals surface area contributed by atoms with Gasteiger partial charge in [-0.05, 0) is 60.7 Å². The Morgan fingerprint density at radius 2 is 0.869 bits per heavy atom. The van der Waals surface area contributed by atoms with Crippen LogP contribution in [0.1, 0.15) is 31.8 Å². The maximum Gasteiger partial charge on any atom is 0.337 e. The van der Waals surface area contributed by atoms with Crippen molar-refractivity contribution < 1.29 is 46.8 Å². The van der Waals surface area contributed by atoms with E-state index in [9.17, 15) is 30.0 Å². The first-order valence-corrected chi connectivity index (χ1v) is 18.8. The molecule has 15 heteroatoms. The first-order chi connectivity index (χ1) is 29.1. The average Bonchev–Trinajstić information content (AvgIpc) is 3.78. The molecule has 305 valence electrons. The van der Waals surface area contributed by atoms with E-state index in [-0.39, 0.29) is 51.0 Å². The Labute approximate surface area is 369 Å². The third-order valence-electron chi connectivity index (χ3n) is 8.93. The van der Waals surface area contributed by atoms with Crippen LogP contribution in [0.3, 0.4) is 0 Å². The fraction of sp³-hybridized carbons (Fsp3) is 0. The second kappa shape index (κ2) is 19.6. The van der Waals surface area contributed by atoms with Crippen LogP contribution in [0.2, 0.25) is 10.0 Å². The third kappa shape index (κ3) is 9.95. The van der Waals surface area contributed by atoms with Gasteiger partial charge in [0.2, 0.25) is 11.8 Å². The molecule has 8 aromatic rings. The van der Waals surface area contributed by atoms with Crippen molar-refractivity contribution in [2.75, 3.05) is 0 Å². The summed E-state index contributed by atoms with van der Waals surface area (Å²) in [5.41, 5.74) is 5.15. The standard InChI is InChI=1S/2C23H16ClN3O3.Co/c2*24-16-9-6-10-17(13-16)27-22(28)19(21(26-27)15-7-2-1-3-8-15)14-25-20-12-5-4-11-18(20)23(29)30;/h2*1-14,28H,(H,29,30);. The largest absolute Gasteiger partial charge is 0.493 e. The van der Waals surface area contributed by atoms with Gasteiger partial charge in [-0.1, -0.05) is 120 Å². The van der Waals surface area contributed by atoms with Crippen molar-refractivity contribution in [1.29, 1.82) is 0 Å². The van der Waals surface area contributed by atoms with Crippen LogP contribution in [0.25, 0.3) is 33.9 Å². The van der Waals surface area contributed by atoms with E-state index in [1.807, 2.05) is 60.7 Å². The molecule has 0 saturated carbocycles. The molecule has 2 heterocycles. The molecule has 0 unspecified atom stereocenters. The van der Waals surface area contributed by atoms with Crippen LogP contribution in [0, 0.1) is 0 Å². The van der Waals surface area contributed by atoms with Crippen LogP contribution < -0.4 is 0 Å². The van der Waals surface area contributed by atoms with Gasteiger partial charge < -0.3 is 20.4 Å². The summed E-state index contributed by atoms with van der Waals surface area (Å²) in [6.07, 6.45) is 2.85. The molecule has 12 nitrogen and oxygen atoms in total. The van der Waals surface area contributed by atoms with Crippen molar-refractivity contribution in [2.45, 2.75) is 0 Å². The quantitative estimate of drug-likeness (QED) is 0.0981. The number of para-hydroxylation sites is 2. The minimum absolute atomic E-state index is 0. The zero-order valence-electron chi connectivity index (χ0n) is 31.5. The molecule has 61 heavy (non-hydrogen) atoms. The number of halogens is 2. The molecule has 0 atom stereocenters. The summed E-state index contributed by atoms with van der Waals surface area (Å²) in [5.74, 6) is -2.42. The van der Waals surface area contributed by atoms with E-state index >= 15 is 0 Å². The number of aromatic hydroxyl groups is 2. The maximum atomic E-state index is 11.5. The summed E-state index contributed by atoms with van der Waals surface area (Å²) in [7, 11) is 0. The topological polar surface area (TPSA) is 175 Å². The van der Waals surface area contributed by atoms with E-state index in [4.69, 9.17) is 23.2 Å². The molecule has 0 saturated heterocycles. The Morgan fingerprint density at radius 3 is 1.23 bits per heavy atom. The summed E-state index contributed by atoms with van der Waals surface area (Å²) >= 11 is 12.2. The Hall–Kier alpha value is -7.29. The number of aromatic nitrogens is 4. The van der Waals surface area contributed by atoms with Gasteiger partial charge in [0.05, 0.1) is 45.0 Å². The summed E-state index contributed by atoms with van der Waals surface area (Å²) in [4.78, 5) is 31.6. The molecule has 2 aromatic heterocycles. The average molecular weight is 895 g/mol. The summed E-state index contributed by atoms with van der Waals surface area (Å²) in [6, 6.07) is 45.4. The molecule has 0 spiro atoms. The Kier molecular flexibility index (Phi) is 13.9. The maximum absolute atomic E-state index is 11.5. The van der Waals surface area contributed by atoms with Crippen LogP contribution in [0.5, 0.6) is 11.8 Å². The minimum atomic E-state index is -1.08. The molecule has 0 aliphatic heterocycles. The number of carbonyl (C=O) groups is 2. The zero-order valence-corrected chi connectivity index (χ0v) is 34.1. The van der Waals surface area contributed by atoms with Gasteiger partial charge >= 0.3 is 11.9 Å². The normalized spacial score (nSPS) is 10.9. The number of benzene rings is 6. The van der Waals surface area contributed by atoms with E-state index in [1.54, 1.807) is 84.9 Å². The van der Waals surface area contributed by atoms with Gasteiger partial charge in [-0.2, -0.15) is 19.6 Å². The molecular weight excluding hydrogens is 862 g/mol. The monoisotopic (exact) mass is 893 g/mol. The second-order valence-electron chi connectivity index (χ2n) is 12.8. The first-order valence-electron chi connectivity index (χ1n) is 18.1. The number of hydrogen-bond donors (Lipinski definition) is 4. The SMILES string of the molecule is O=C(O)c1ccccc1N=Cc1c(-c2ccccc2)nn(-c2cccc(Cl)c2)c1O.O=C(O)c1ccccc1N=Cc1c(-c2ccccc2)nn(-c2cccc(Cl)c2)c1O.[Co]. The Morgan fingerprint density at radius 1 is 0.508 bits per heavy atom. The number of aliphatic imine (C=N–C) groups is 2. The summed E-state index contributed by atoms with van der Waals surface area (Å²) < 4.78 is 2.75. The molecule has 0 amide bonds. The zero-order chi connectivity index (χ0) is 42.2. The van der Waals surface area contributed by atoms with Gasteiger partial charge in [0.15, 0.2) is 0 Å². The van der Waals surface area contributed by atoms with Crippen LogP contribution in [-0.4, -0.2) is 64.4 Å². The van der Waals surface area contributed by atoms with Crippen molar-refractivity contribution in [1.82, 2.24) is 19.6 Å². The van der Waals surface area contributed by atoms with Crippen LogP contribution in [0.4, 0.5) is 11.4 Å². The summed E-state index contributed by atoms with van der Waals surface area (Å²) in [6.45, 7) is 0. The Balaban J connectivity index is 0.000000201. The number of nitrogens with zero attached hydrogens (tertiary/aromatic N) is 6. The molecule has 0 aliphatic carbocycles. The van der Waals surface area contributed by atoms with E-state index < -0.39 is 11.9 Å². The molecule has 1 radical (unpaired) electrons. The van der Waals surface area contributed by atoms with Crippen LogP contribution in [0.15, 0.2) is 168 Å². The van der Waals surface area contributed by atoms with Gasteiger partial charge in [-0.3, -0.25) is 9.98 Å². The first kappa shape index (κ1) is 43.3. The van der Waals surface area contributed by atoms with Crippen molar-refractivity contribution in [3.63, 3.8) is 0 Å². The predicted octanol–water partition coefficient (Wildman–Crippen LogP) is 10.7. The number of rotatable bonds is 10. The van der Waals surface area contributed by atoms with E-state index in [2.05, 4.69) is 20.2 Å². The van der Waals surface area contributed by atoms with Gasteiger partial charge in [-0.15, -0.1) is 0 Å². The minimum Gasteiger partial charge on any atom is -0.493 e. The fourth-order valence-electron chi connectivity index (χ4n) is 6.08. The van der Waals surface area contributed by atoms with Crippen molar-refractivity contribution >= 4 is 58.9 Å². The number of carboxylic acid groups (broad SMARTS) is 2. The van der Waals surface area contributed by atoms with Crippen molar-refractivity contribution in [3.05, 3.63) is 190 Å². The van der Waals surface area contributed by atoms with Gasteiger partial charge in [0.1, 0.15) is 11.4 Å². The van der Waals surface area contributed by atoms with Gasteiger partial charge in [0.25, 0.3) is 0 Å². The van der Waals surface area contributed by atoms with E-state index in [0.29, 0.717) is 43.9 Å². The Bertz CT molecular complexity index is 2700. The number of hydrogen-bond acceptors (Lipinski definition) is 8. The van der Waals surface area contributed by atoms with Gasteiger partial charge in [-0.25, -0.2) is 9.59 Å². The van der Waals surface area contributed by atoms with Crippen molar-refractivity contribution in [2.24, 2.45) is 9.98 Å². The van der Waals surface area contributed by atoms with Crippen LogP contribution in [-0.2, 0) is 16.8 Å². The van der Waals surface area contributed by atoms with E-state index in [0.717, 1.165) is 11.1 Å². The smallest absolute Gasteiger partial charge is 0.337 e. The molecule has 4 N–H and O–H groups in total. The fourth-order valence-corrected chi connectivity index (χ4v) is 6.45. The summed E-state index contributed by atoms with van der Waals surface area (Å²) in [5, 5.41) is 50.7. The molecule has 6 aromatic carbocycles.